The Morgan fingerprint density at radius 1 is 1.46 bits per heavy atom. The van der Waals surface area contributed by atoms with E-state index in [4.69, 9.17) is 0 Å². The van der Waals surface area contributed by atoms with Crippen LogP contribution < -0.4 is 0 Å². The third kappa shape index (κ3) is 2.19. The average Bonchev–Trinajstić information content (AvgIpc) is 1.94. The van der Waals surface area contributed by atoms with E-state index in [0.717, 1.165) is 12.1 Å². The van der Waals surface area contributed by atoms with Crippen molar-refractivity contribution >= 4 is 5.78 Å². The van der Waals surface area contributed by atoms with Crippen LogP contribution in [-0.4, -0.2) is 28.8 Å². The third-order valence-corrected chi connectivity index (χ3v) is 2.55. The van der Waals surface area contributed by atoms with Gasteiger partial charge in [0.15, 0.2) is 5.78 Å². The smallest absolute Gasteiger partial charge is 0.172 e. The molecule has 0 amide bonds. The molecule has 2 nitrogen and oxygen atoms in total. The monoisotopic (exact) mass is 181 g/mol. The van der Waals surface area contributed by atoms with Crippen molar-refractivity contribution in [3.05, 3.63) is 11.6 Å². The molecule has 1 atom stereocenters. The Bertz CT molecular complexity index is 247. The number of ketones is 1. The summed E-state index contributed by atoms with van der Waals surface area (Å²) in [7, 11) is 0. The van der Waals surface area contributed by atoms with E-state index >= 15 is 0 Å². The molecule has 74 valence electrons. The fourth-order valence-electron chi connectivity index (χ4n) is 1.79. The fraction of sp³-hybridized carbons (Fsp3) is 0.727. The Morgan fingerprint density at radius 3 is 2.46 bits per heavy atom. The van der Waals surface area contributed by atoms with E-state index in [1.807, 2.05) is 13.8 Å². The maximum absolute atomic E-state index is 11.5. The first-order valence-corrected chi connectivity index (χ1v) is 4.80. The van der Waals surface area contributed by atoms with E-state index in [2.05, 4.69) is 25.7 Å². The molecule has 0 spiro atoms. The molecule has 0 N–H and O–H groups in total. The first-order chi connectivity index (χ1) is 5.82. The molecule has 13 heavy (non-hydrogen) atoms. The molecule has 1 aliphatic heterocycles. The Balaban J connectivity index is 2.91. The van der Waals surface area contributed by atoms with Gasteiger partial charge in [-0.05, 0) is 40.7 Å². The molecule has 0 bridgehead atoms. The second-order valence-electron chi connectivity index (χ2n) is 4.87. The van der Waals surface area contributed by atoms with Crippen LogP contribution in [0.15, 0.2) is 11.6 Å². The first-order valence-electron chi connectivity index (χ1n) is 4.80. The van der Waals surface area contributed by atoms with Gasteiger partial charge in [-0.3, -0.25) is 9.69 Å². The molecule has 1 rings (SSSR count). The number of rotatable bonds is 0. The van der Waals surface area contributed by atoms with Crippen LogP contribution in [0.3, 0.4) is 0 Å². The predicted molar refractivity (Wildman–Crippen MR) is 54.7 cm³/mol. The first kappa shape index (κ1) is 10.5. The molecule has 0 aromatic carbocycles. The molecule has 0 saturated heterocycles. The molecule has 1 heterocycles. The highest BCUT2D eigenvalue weighted by atomic mass is 16.1. The standard InChI is InChI=1S/C11H19NO/c1-8-6-10(13)9(2)12(7-8)11(3,4)5/h6,9H,7H2,1-5H3. The summed E-state index contributed by atoms with van der Waals surface area (Å²) >= 11 is 0. The maximum atomic E-state index is 11.5. The highest BCUT2D eigenvalue weighted by Gasteiger charge is 2.32. The van der Waals surface area contributed by atoms with Crippen molar-refractivity contribution in [3.8, 4) is 0 Å². The summed E-state index contributed by atoms with van der Waals surface area (Å²) in [6, 6.07) is 0.0312. The summed E-state index contributed by atoms with van der Waals surface area (Å²) in [5.74, 6) is 0.235. The zero-order valence-electron chi connectivity index (χ0n) is 9.22. The second-order valence-corrected chi connectivity index (χ2v) is 4.87. The lowest BCUT2D eigenvalue weighted by molar-refractivity contribution is -0.121. The molecule has 1 aliphatic rings. The summed E-state index contributed by atoms with van der Waals surface area (Å²) in [4.78, 5) is 13.8. The molecular formula is C11H19NO. The topological polar surface area (TPSA) is 20.3 Å². The minimum atomic E-state index is 0.0312. The van der Waals surface area contributed by atoms with Gasteiger partial charge in [0, 0.05) is 12.1 Å². The van der Waals surface area contributed by atoms with Gasteiger partial charge in [0.25, 0.3) is 0 Å². The van der Waals surface area contributed by atoms with E-state index in [-0.39, 0.29) is 17.4 Å². The zero-order valence-corrected chi connectivity index (χ0v) is 9.22. The third-order valence-electron chi connectivity index (χ3n) is 2.55. The summed E-state index contributed by atoms with van der Waals surface area (Å²) in [5, 5.41) is 0. The molecule has 2 heteroatoms. The number of nitrogens with zero attached hydrogens (tertiary/aromatic N) is 1. The van der Waals surface area contributed by atoms with Crippen molar-refractivity contribution in [2.75, 3.05) is 6.54 Å². The van der Waals surface area contributed by atoms with E-state index < -0.39 is 0 Å². The van der Waals surface area contributed by atoms with Gasteiger partial charge >= 0.3 is 0 Å². The van der Waals surface area contributed by atoms with Crippen LogP contribution in [-0.2, 0) is 4.79 Å². The average molecular weight is 181 g/mol. The van der Waals surface area contributed by atoms with Gasteiger partial charge in [0.1, 0.15) is 0 Å². The largest absolute Gasteiger partial charge is 0.293 e. The number of hydrogen-bond acceptors (Lipinski definition) is 2. The Morgan fingerprint density at radius 2 is 2.00 bits per heavy atom. The predicted octanol–water partition coefficient (Wildman–Crippen LogP) is 2.00. The van der Waals surface area contributed by atoms with Crippen LogP contribution >= 0.6 is 0 Å². The molecular weight excluding hydrogens is 162 g/mol. The van der Waals surface area contributed by atoms with E-state index in [1.54, 1.807) is 6.08 Å². The van der Waals surface area contributed by atoms with E-state index in [9.17, 15) is 4.79 Å². The Kier molecular flexibility index (Phi) is 2.62. The van der Waals surface area contributed by atoms with E-state index in [0.29, 0.717) is 0 Å². The van der Waals surface area contributed by atoms with Crippen LogP contribution in [0, 0.1) is 0 Å². The van der Waals surface area contributed by atoms with Crippen LogP contribution in [0.2, 0.25) is 0 Å². The fourth-order valence-corrected chi connectivity index (χ4v) is 1.79. The van der Waals surface area contributed by atoms with Gasteiger partial charge in [0.05, 0.1) is 6.04 Å². The Labute approximate surface area is 80.6 Å². The van der Waals surface area contributed by atoms with Gasteiger partial charge in [-0.15, -0.1) is 0 Å². The molecule has 0 fully saturated rings. The van der Waals surface area contributed by atoms with Crippen LogP contribution in [0.25, 0.3) is 0 Å². The van der Waals surface area contributed by atoms with Gasteiger partial charge < -0.3 is 0 Å². The highest BCUT2D eigenvalue weighted by molar-refractivity contribution is 5.95. The summed E-state index contributed by atoms with van der Waals surface area (Å²) in [5.41, 5.74) is 1.24. The van der Waals surface area contributed by atoms with Gasteiger partial charge in [0.2, 0.25) is 0 Å². The van der Waals surface area contributed by atoms with Crippen molar-refractivity contribution in [2.45, 2.75) is 46.2 Å². The quantitative estimate of drug-likeness (QED) is 0.569. The maximum Gasteiger partial charge on any atom is 0.172 e. The van der Waals surface area contributed by atoms with Crippen molar-refractivity contribution in [2.24, 2.45) is 0 Å². The number of carbonyl (C=O) groups excluding carboxylic acids is 1. The summed E-state index contributed by atoms with van der Waals surface area (Å²) in [6.07, 6.45) is 1.77. The molecule has 0 aromatic rings. The minimum absolute atomic E-state index is 0.0312. The normalized spacial score (nSPS) is 26.1. The van der Waals surface area contributed by atoms with Gasteiger partial charge in [-0.25, -0.2) is 0 Å². The lowest BCUT2D eigenvalue weighted by Crippen LogP contribution is -2.52. The highest BCUT2D eigenvalue weighted by Crippen LogP contribution is 2.22. The van der Waals surface area contributed by atoms with Crippen LogP contribution in [0.4, 0.5) is 0 Å². The number of carbonyl (C=O) groups is 1. The molecule has 1 unspecified atom stereocenters. The van der Waals surface area contributed by atoms with Crippen molar-refractivity contribution in [1.29, 1.82) is 0 Å². The van der Waals surface area contributed by atoms with Crippen molar-refractivity contribution in [1.82, 2.24) is 4.90 Å². The van der Waals surface area contributed by atoms with Gasteiger partial charge in [-0.1, -0.05) is 5.57 Å². The molecule has 0 aromatic heterocycles. The van der Waals surface area contributed by atoms with E-state index in [1.165, 1.54) is 0 Å². The summed E-state index contributed by atoms with van der Waals surface area (Å²) < 4.78 is 0. The SMILES string of the molecule is CC1=CC(=O)C(C)N(C(C)(C)C)C1. The molecule has 0 aliphatic carbocycles. The summed E-state index contributed by atoms with van der Waals surface area (Å²) in [6.45, 7) is 11.4. The number of hydrogen-bond donors (Lipinski definition) is 0. The van der Waals surface area contributed by atoms with Crippen LogP contribution in [0.5, 0.6) is 0 Å². The van der Waals surface area contributed by atoms with Crippen molar-refractivity contribution in [3.63, 3.8) is 0 Å². The lowest BCUT2D eigenvalue weighted by atomic mass is 9.96. The van der Waals surface area contributed by atoms with Crippen LogP contribution in [0.1, 0.15) is 34.6 Å². The molecule has 0 saturated carbocycles. The Hall–Kier alpha value is -0.630. The lowest BCUT2D eigenvalue weighted by Gasteiger charge is -2.41. The second kappa shape index (κ2) is 3.26. The zero-order chi connectivity index (χ0) is 10.2. The molecule has 0 radical (unpaired) electrons. The van der Waals surface area contributed by atoms with Crippen molar-refractivity contribution < 1.29 is 4.79 Å². The van der Waals surface area contributed by atoms with Gasteiger partial charge in [-0.2, -0.15) is 0 Å². The minimum Gasteiger partial charge on any atom is -0.293 e.